The monoisotopic (exact) mass is 363 g/mol. The van der Waals surface area contributed by atoms with Crippen molar-refractivity contribution < 1.29 is 9.47 Å². The molecule has 4 heteroatoms. The zero-order valence-electron chi connectivity index (χ0n) is 15.6. The van der Waals surface area contributed by atoms with Crippen LogP contribution >= 0.6 is 11.6 Å². The second kappa shape index (κ2) is 6.66. The molecule has 3 nitrogen and oxygen atoms in total. The number of benzene rings is 1. The van der Waals surface area contributed by atoms with E-state index >= 15 is 0 Å². The predicted octanol–water partition coefficient (Wildman–Crippen LogP) is 5.05. The molecule has 0 aromatic heterocycles. The molecule has 4 bridgehead atoms. The van der Waals surface area contributed by atoms with E-state index in [0.717, 1.165) is 29.9 Å². The van der Waals surface area contributed by atoms with E-state index in [4.69, 9.17) is 21.1 Å². The highest BCUT2D eigenvalue weighted by molar-refractivity contribution is 6.32. The molecule has 1 aromatic rings. The van der Waals surface area contributed by atoms with Crippen molar-refractivity contribution in [3.8, 4) is 11.5 Å². The fourth-order valence-electron chi connectivity index (χ4n) is 6.27. The van der Waals surface area contributed by atoms with Crippen LogP contribution in [-0.2, 0) is 6.54 Å². The molecule has 4 fully saturated rings. The van der Waals surface area contributed by atoms with Gasteiger partial charge in [-0.3, -0.25) is 0 Å². The number of halogens is 1. The lowest BCUT2D eigenvalue weighted by molar-refractivity contribution is -0.0706. The molecule has 5 rings (SSSR count). The average molecular weight is 364 g/mol. The summed E-state index contributed by atoms with van der Waals surface area (Å²) in [5.41, 5.74) is 1.67. The van der Waals surface area contributed by atoms with Gasteiger partial charge in [-0.2, -0.15) is 0 Å². The Morgan fingerprint density at radius 3 is 2.20 bits per heavy atom. The van der Waals surface area contributed by atoms with E-state index in [1.807, 2.05) is 12.1 Å². The smallest absolute Gasteiger partial charge is 0.179 e. The van der Waals surface area contributed by atoms with Crippen LogP contribution in [0.1, 0.15) is 51.0 Å². The van der Waals surface area contributed by atoms with Crippen molar-refractivity contribution in [3.63, 3.8) is 0 Å². The summed E-state index contributed by atoms with van der Waals surface area (Å²) in [6.45, 7) is 3.22. The third-order valence-corrected chi connectivity index (χ3v) is 7.39. The first-order valence-corrected chi connectivity index (χ1v) is 10.0. The molecule has 0 heterocycles. The molecule has 1 atom stereocenters. The van der Waals surface area contributed by atoms with E-state index in [1.54, 1.807) is 14.2 Å². The molecule has 4 aliphatic carbocycles. The first-order valence-electron chi connectivity index (χ1n) is 9.67. The topological polar surface area (TPSA) is 30.5 Å². The summed E-state index contributed by atoms with van der Waals surface area (Å²) >= 11 is 6.35. The highest BCUT2D eigenvalue weighted by Gasteiger charge is 2.52. The molecule has 0 spiro atoms. The Kier molecular flexibility index (Phi) is 4.66. The molecular weight excluding hydrogens is 334 g/mol. The first-order chi connectivity index (χ1) is 12.0. The van der Waals surface area contributed by atoms with Crippen molar-refractivity contribution in [1.29, 1.82) is 0 Å². The maximum atomic E-state index is 6.35. The van der Waals surface area contributed by atoms with E-state index in [0.29, 0.717) is 28.0 Å². The van der Waals surface area contributed by atoms with Crippen LogP contribution in [0.2, 0.25) is 5.02 Å². The Balaban J connectivity index is 1.46. The summed E-state index contributed by atoms with van der Waals surface area (Å²) in [5, 5.41) is 4.43. The van der Waals surface area contributed by atoms with Crippen molar-refractivity contribution >= 4 is 11.6 Å². The molecule has 25 heavy (non-hydrogen) atoms. The van der Waals surface area contributed by atoms with Crippen LogP contribution < -0.4 is 14.8 Å². The summed E-state index contributed by atoms with van der Waals surface area (Å²) < 4.78 is 10.8. The number of rotatable bonds is 6. The number of hydrogen-bond acceptors (Lipinski definition) is 3. The van der Waals surface area contributed by atoms with Gasteiger partial charge in [0, 0.05) is 12.6 Å². The van der Waals surface area contributed by atoms with Crippen LogP contribution in [0.3, 0.4) is 0 Å². The molecule has 0 radical (unpaired) electrons. The first kappa shape index (κ1) is 17.5. The highest BCUT2D eigenvalue weighted by atomic mass is 35.5. The molecule has 1 unspecified atom stereocenters. The van der Waals surface area contributed by atoms with Gasteiger partial charge in [-0.15, -0.1) is 0 Å². The van der Waals surface area contributed by atoms with Gasteiger partial charge in [0.25, 0.3) is 0 Å². The molecule has 4 aliphatic rings. The predicted molar refractivity (Wildman–Crippen MR) is 101 cm³/mol. The minimum atomic E-state index is 0.523. The third-order valence-electron chi connectivity index (χ3n) is 7.11. The summed E-state index contributed by atoms with van der Waals surface area (Å²) in [6.07, 6.45) is 8.78. The van der Waals surface area contributed by atoms with Gasteiger partial charge in [0.2, 0.25) is 0 Å². The van der Waals surface area contributed by atoms with Gasteiger partial charge in [-0.05, 0) is 86.3 Å². The van der Waals surface area contributed by atoms with Crippen molar-refractivity contribution in [2.24, 2.45) is 23.2 Å². The number of ether oxygens (including phenoxy) is 2. The lowest BCUT2D eigenvalue weighted by atomic mass is 9.48. The van der Waals surface area contributed by atoms with Crippen LogP contribution in [0.25, 0.3) is 0 Å². The summed E-state index contributed by atoms with van der Waals surface area (Å²) in [6, 6.07) is 4.57. The largest absolute Gasteiger partial charge is 0.493 e. The minimum absolute atomic E-state index is 0.523. The Bertz CT molecular complexity index is 610. The van der Waals surface area contributed by atoms with Crippen LogP contribution in [0.15, 0.2) is 12.1 Å². The molecule has 138 valence electrons. The van der Waals surface area contributed by atoms with E-state index < -0.39 is 0 Å². The van der Waals surface area contributed by atoms with Gasteiger partial charge in [-0.1, -0.05) is 11.6 Å². The van der Waals surface area contributed by atoms with Crippen molar-refractivity contribution in [3.05, 3.63) is 22.7 Å². The van der Waals surface area contributed by atoms with Crippen molar-refractivity contribution in [1.82, 2.24) is 5.32 Å². The molecule has 0 saturated heterocycles. The Morgan fingerprint density at radius 2 is 1.68 bits per heavy atom. The van der Waals surface area contributed by atoms with Gasteiger partial charge in [0.05, 0.1) is 19.2 Å². The number of methoxy groups -OCH3 is 2. The standard InChI is InChI=1S/C21H30ClNO2/c1-13(21-9-14-4-15(10-21)6-16(5-14)11-21)23-12-17-7-18(22)20(25-3)19(8-17)24-2/h7-8,13-16,23H,4-6,9-12H2,1-3H3. The lowest BCUT2D eigenvalue weighted by Crippen LogP contribution is -2.54. The van der Waals surface area contributed by atoms with Crippen LogP contribution in [0.4, 0.5) is 0 Å². The fourth-order valence-corrected chi connectivity index (χ4v) is 6.58. The minimum Gasteiger partial charge on any atom is -0.493 e. The number of hydrogen-bond donors (Lipinski definition) is 1. The normalized spacial score (nSPS) is 34.2. The molecular formula is C21H30ClNO2. The Labute approximate surface area is 156 Å². The number of nitrogens with one attached hydrogen (secondary N) is 1. The quantitative estimate of drug-likeness (QED) is 0.767. The zero-order valence-corrected chi connectivity index (χ0v) is 16.4. The molecule has 0 aliphatic heterocycles. The van der Waals surface area contributed by atoms with Gasteiger partial charge >= 0.3 is 0 Å². The maximum absolute atomic E-state index is 6.35. The van der Waals surface area contributed by atoms with Crippen LogP contribution in [0, 0.1) is 23.2 Å². The van der Waals surface area contributed by atoms with E-state index in [2.05, 4.69) is 12.2 Å². The zero-order chi connectivity index (χ0) is 17.6. The lowest BCUT2D eigenvalue weighted by Gasteiger charge is -2.59. The van der Waals surface area contributed by atoms with Crippen molar-refractivity contribution in [2.45, 2.75) is 58.0 Å². The Hall–Kier alpha value is -0.930. The third kappa shape index (κ3) is 3.14. The SMILES string of the molecule is COc1cc(CNC(C)C23CC4CC(CC(C4)C2)C3)cc(Cl)c1OC. The fraction of sp³-hybridized carbons (Fsp3) is 0.714. The van der Waals surface area contributed by atoms with Gasteiger partial charge in [-0.25, -0.2) is 0 Å². The van der Waals surface area contributed by atoms with Gasteiger partial charge in [0.15, 0.2) is 11.5 Å². The summed E-state index contributed by atoms with van der Waals surface area (Å²) in [5.74, 6) is 4.29. The van der Waals surface area contributed by atoms with E-state index in [1.165, 1.54) is 38.5 Å². The maximum Gasteiger partial charge on any atom is 0.179 e. The Morgan fingerprint density at radius 1 is 1.08 bits per heavy atom. The van der Waals surface area contributed by atoms with Gasteiger partial charge < -0.3 is 14.8 Å². The van der Waals surface area contributed by atoms with E-state index in [-0.39, 0.29) is 0 Å². The summed E-state index contributed by atoms with van der Waals surface area (Å²) in [4.78, 5) is 0. The van der Waals surface area contributed by atoms with Crippen molar-refractivity contribution in [2.75, 3.05) is 14.2 Å². The van der Waals surface area contributed by atoms with Crippen LogP contribution in [-0.4, -0.2) is 20.3 Å². The average Bonchev–Trinajstić information content (AvgIpc) is 2.57. The molecule has 0 amide bonds. The van der Waals surface area contributed by atoms with Gasteiger partial charge in [0.1, 0.15) is 0 Å². The molecule has 1 N–H and O–H groups in total. The summed E-state index contributed by atoms with van der Waals surface area (Å²) in [7, 11) is 3.28. The van der Waals surface area contributed by atoms with E-state index in [9.17, 15) is 0 Å². The second-order valence-corrected chi connectivity index (χ2v) is 9.10. The molecule has 1 aromatic carbocycles. The van der Waals surface area contributed by atoms with Crippen LogP contribution in [0.5, 0.6) is 11.5 Å². The molecule has 4 saturated carbocycles. The second-order valence-electron chi connectivity index (χ2n) is 8.70. The highest BCUT2D eigenvalue weighted by Crippen LogP contribution is 2.61.